The lowest BCUT2D eigenvalue weighted by Crippen LogP contribution is -2.26. The van der Waals surface area contributed by atoms with Crippen LogP contribution >= 0.6 is 0 Å². The van der Waals surface area contributed by atoms with Crippen molar-refractivity contribution >= 4 is 22.6 Å². The second-order valence-electron chi connectivity index (χ2n) is 17.5. The van der Waals surface area contributed by atoms with Gasteiger partial charge in [0.25, 0.3) is 0 Å². The van der Waals surface area contributed by atoms with Crippen molar-refractivity contribution in [1.82, 2.24) is 0 Å². The highest BCUT2D eigenvalue weighted by Crippen LogP contribution is 2.64. The van der Waals surface area contributed by atoms with Crippen LogP contribution in [0, 0.1) is 0 Å². The molecule has 0 saturated carbocycles. The van der Waals surface area contributed by atoms with Gasteiger partial charge in [-0.05, 0) is 132 Å². The van der Waals surface area contributed by atoms with Crippen LogP contribution in [0.2, 0.25) is 0 Å². The third-order valence-corrected chi connectivity index (χ3v) is 14.1. The van der Waals surface area contributed by atoms with Crippen LogP contribution in [0.15, 0.2) is 169 Å². The monoisotopic (exact) mass is 717 g/mol. The summed E-state index contributed by atoms with van der Waals surface area (Å²) >= 11 is 0. The van der Waals surface area contributed by atoms with E-state index in [-0.39, 0.29) is 10.8 Å². The first-order chi connectivity index (χ1) is 27.3. The summed E-state index contributed by atoms with van der Waals surface area (Å²) in [6.45, 7) is 9.67. The Hall–Kier alpha value is -6.18. The van der Waals surface area contributed by atoms with E-state index in [1.165, 1.54) is 106 Å². The third-order valence-electron chi connectivity index (χ3n) is 14.1. The highest BCUT2D eigenvalue weighted by molar-refractivity contribution is 5.98. The molecule has 0 N–H and O–H groups in total. The van der Waals surface area contributed by atoms with E-state index in [0.717, 1.165) is 12.8 Å². The Bertz CT molecular complexity index is 2870. The smallest absolute Gasteiger partial charge is 0.0726 e. The summed E-state index contributed by atoms with van der Waals surface area (Å²) in [6, 6.07) is 58.1. The predicted molar refractivity (Wildman–Crippen MR) is 233 cm³/mol. The van der Waals surface area contributed by atoms with E-state index in [0.29, 0.717) is 0 Å². The molecule has 0 atom stereocenters. The molecule has 7 aromatic carbocycles. The van der Waals surface area contributed by atoms with Gasteiger partial charge in [-0.2, -0.15) is 0 Å². The minimum atomic E-state index is -0.411. The summed E-state index contributed by atoms with van der Waals surface area (Å²) in [7, 11) is 0. The maximum absolute atomic E-state index is 2.60. The van der Waals surface area contributed by atoms with E-state index in [1.807, 2.05) is 0 Å². The van der Waals surface area contributed by atoms with Gasteiger partial charge in [-0.15, -0.1) is 0 Å². The molecule has 0 fully saturated rings. The van der Waals surface area contributed by atoms with Crippen molar-refractivity contribution in [3.05, 3.63) is 214 Å². The number of hydrogen-bond donors (Lipinski definition) is 0. The van der Waals surface area contributed by atoms with Crippen LogP contribution in [0.3, 0.4) is 0 Å². The molecule has 0 bridgehead atoms. The number of allylic oxidation sites excluding steroid dienone is 4. The Morgan fingerprint density at radius 1 is 0.429 bits per heavy atom. The molecule has 0 radical (unpaired) electrons. The molecular formula is C55H43N. The van der Waals surface area contributed by atoms with Crippen LogP contribution in [-0.4, -0.2) is 0 Å². The summed E-state index contributed by atoms with van der Waals surface area (Å²) in [5.74, 6) is 0. The number of rotatable bonds is 3. The van der Waals surface area contributed by atoms with Gasteiger partial charge in [-0.25, -0.2) is 0 Å². The maximum atomic E-state index is 2.60. The lowest BCUT2D eigenvalue weighted by molar-refractivity contribution is 0.651. The minimum absolute atomic E-state index is 0.113. The molecule has 1 nitrogen and oxygen atoms in total. The summed E-state index contributed by atoms with van der Waals surface area (Å²) in [5, 5.41) is 0. The van der Waals surface area contributed by atoms with Gasteiger partial charge < -0.3 is 4.90 Å². The highest BCUT2D eigenvalue weighted by Gasteiger charge is 2.52. The summed E-state index contributed by atoms with van der Waals surface area (Å²) in [6.07, 6.45) is 6.97. The molecule has 56 heavy (non-hydrogen) atoms. The van der Waals surface area contributed by atoms with E-state index in [9.17, 15) is 0 Å². The van der Waals surface area contributed by atoms with Crippen LogP contribution in [0.1, 0.15) is 85.0 Å². The van der Waals surface area contributed by atoms with Crippen LogP contribution in [0.4, 0.5) is 17.1 Å². The van der Waals surface area contributed by atoms with E-state index >= 15 is 0 Å². The number of hydrogen-bond acceptors (Lipinski definition) is 1. The molecule has 12 rings (SSSR count). The Balaban J connectivity index is 1.15. The highest BCUT2D eigenvalue weighted by atomic mass is 15.1. The molecule has 0 unspecified atom stereocenters. The zero-order valence-electron chi connectivity index (χ0n) is 32.4. The SMILES string of the molecule is CC1(C)C2=C(CCC=C2)c2cccc(N(c3ccc4c(c3)C(C)(C)c3ccccc3-4)c3ccc4c(c3)C3(c5ccccc5-c5ccccc53)c3ccccc3-4)c21. The summed E-state index contributed by atoms with van der Waals surface area (Å²) in [4.78, 5) is 2.60. The first kappa shape index (κ1) is 32.1. The van der Waals surface area contributed by atoms with Crippen LogP contribution in [0.5, 0.6) is 0 Å². The second kappa shape index (κ2) is 11.0. The maximum Gasteiger partial charge on any atom is 0.0726 e. The molecule has 0 aliphatic heterocycles. The van der Waals surface area contributed by atoms with E-state index in [1.54, 1.807) is 0 Å². The van der Waals surface area contributed by atoms with E-state index in [4.69, 9.17) is 0 Å². The van der Waals surface area contributed by atoms with Gasteiger partial charge in [0.15, 0.2) is 0 Å². The normalized spacial score (nSPS) is 17.4. The molecule has 5 aliphatic rings. The Morgan fingerprint density at radius 2 is 0.911 bits per heavy atom. The van der Waals surface area contributed by atoms with Gasteiger partial charge in [0.2, 0.25) is 0 Å². The van der Waals surface area contributed by atoms with Gasteiger partial charge >= 0.3 is 0 Å². The molecule has 0 aromatic heterocycles. The first-order valence-corrected chi connectivity index (χ1v) is 20.3. The Labute approximate surface area is 330 Å². The van der Waals surface area contributed by atoms with Gasteiger partial charge in [0.05, 0.1) is 11.1 Å². The molecule has 1 spiro atoms. The van der Waals surface area contributed by atoms with Gasteiger partial charge in [0, 0.05) is 22.2 Å². The molecule has 5 aliphatic carbocycles. The average Bonchev–Trinajstić information content (AvgIpc) is 3.86. The Morgan fingerprint density at radius 3 is 1.52 bits per heavy atom. The van der Waals surface area contributed by atoms with Crippen LogP contribution < -0.4 is 4.90 Å². The predicted octanol–water partition coefficient (Wildman–Crippen LogP) is 14.2. The van der Waals surface area contributed by atoms with Crippen molar-refractivity contribution in [2.24, 2.45) is 0 Å². The van der Waals surface area contributed by atoms with E-state index in [2.05, 4.69) is 196 Å². The minimum Gasteiger partial charge on any atom is -0.310 e. The average molecular weight is 718 g/mol. The zero-order valence-corrected chi connectivity index (χ0v) is 32.4. The molecule has 0 amide bonds. The van der Waals surface area contributed by atoms with Gasteiger partial charge in [-0.3, -0.25) is 0 Å². The lowest BCUT2D eigenvalue weighted by Gasteiger charge is -2.35. The first-order valence-electron chi connectivity index (χ1n) is 20.3. The van der Waals surface area contributed by atoms with E-state index < -0.39 is 5.41 Å². The largest absolute Gasteiger partial charge is 0.310 e. The molecule has 7 aromatic rings. The van der Waals surface area contributed by atoms with Gasteiger partial charge in [0.1, 0.15) is 0 Å². The fourth-order valence-corrected chi connectivity index (χ4v) is 11.8. The quantitative estimate of drug-likeness (QED) is 0.176. The fourth-order valence-electron chi connectivity index (χ4n) is 11.8. The molecular weight excluding hydrogens is 675 g/mol. The van der Waals surface area contributed by atoms with Crippen molar-refractivity contribution in [2.75, 3.05) is 4.90 Å². The van der Waals surface area contributed by atoms with Crippen molar-refractivity contribution in [3.63, 3.8) is 0 Å². The molecule has 0 heterocycles. The van der Waals surface area contributed by atoms with Gasteiger partial charge in [-0.1, -0.05) is 161 Å². The fraction of sp³-hybridized carbons (Fsp3) is 0.164. The summed E-state index contributed by atoms with van der Waals surface area (Å²) in [5.41, 5.74) is 25.1. The molecule has 1 heteroatoms. The zero-order chi connectivity index (χ0) is 37.6. The molecule has 0 saturated heterocycles. The topological polar surface area (TPSA) is 3.24 Å². The number of fused-ring (bicyclic) bond motifs is 15. The number of nitrogens with zero attached hydrogens (tertiary/aromatic N) is 1. The number of anilines is 3. The van der Waals surface area contributed by atoms with Crippen molar-refractivity contribution in [1.29, 1.82) is 0 Å². The summed E-state index contributed by atoms with van der Waals surface area (Å²) < 4.78 is 0. The Kier molecular flexibility index (Phi) is 6.30. The van der Waals surface area contributed by atoms with Crippen LogP contribution in [-0.2, 0) is 16.2 Å². The lowest BCUT2D eigenvalue weighted by atomic mass is 9.70. The van der Waals surface area contributed by atoms with Crippen molar-refractivity contribution < 1.29 is 0 Å². The van der Waals surface area contributed by atoms with Crippen molar-refractivity contribution in [2.45, 2.75) is 56.8 Å². The second-order valence-corrected chi connectivity index (χ2v) is 17.5. The van der Waals surface area contributed by atoms with Crippen molar-refractivity contribution in [3.8, 4) is 33.4 Å². The number of benzene rings is 7. The molecule has 268 valence electrons. The third kappa shape index (κ3) is 3.86. The standard InChI is InChI=1S/C55H43N/c1-53(2)44-22-10-5-16-36(44)41-30-28-34(32-49(41)53)56(51-27-15-21-43-40-20-6-11-23-45(40)54(3,4)52(43)51)35-29-31-42-39-19-9-14-26-48(39)55(50(42)33-35)46-24-12-7-17-37(46)38-18-8-13-25-47(38)55/h5,7-19,21-33H,6,20H2,1-4H3. The van der Waals surface area contributed by atoms with Crippen LogP contribution in [0.25, 0.3) is 39.0 Å².